The molecule has 1 aromatic carbocycles. The molecule has 0 spiro atoms. The number of fused-ring (bicyclic) bond motifs is 1. The van der Waals surface area contributed by atoms with Crippen molar-refractivity contribution >= 4 is 5.69 Å². The van der Waals surface area contributed by atoms with Crippen molar-refractivity contribution in [1.29, 1.82) is 0 Å². The van der Waals surface area contributed by atoms with Crippen LogP contribution in [0.3, 0.4) is 0 Å². The fourth-order valence-corrected chi connectivity index (χ4v) is 2.78. The van der Waals surface area contributed by atoms with Gasteiger partial charge in [-0.2, -0.15) is 0 Å². The average molecular weight is 265 g/mol. The van der Waals surface area contributed by atoms with Gasteiger partial charge in [-0.05, 0) is 24.1 Å². The van der Waals surface area contributed by atoms with Gasteiger partial charge in [-0.15, -0.1) is 0 Å². The minimum Gasteiger partial charge on any atom is -0.348 e. The third-order valence-corrected chi connectivity index (χ3v) is 4.27. The summed E-state index contributed by atoms with van der Waals surface area (Å²) < 4.78 is 0. The molecule has 20 heavy (non-hydrogen) atoms. The average Bonchev–Trinajstić information content (AvgIpc) is 2.61. The second-order valence-electron chi connectivity index (χ2n) is 5.88. The zero-order chi connectivity index (χ0) is 14.5. The number of rotatable bonds is 1. The summed E-state index contributed by atoms with van der Waals surface area (Å²) in [6.07, 6.45) is 3.75. The van der Waals surface area contributed by atoms with Crippen LogP contribution in [-0.2, 0) is 5.41 Å². The molecule has 1 aliphatic rings. The summed E-state index contributed by atoms with van der Waals surface area (Å²) in [5, 5.41) is 0. The van der Waals surface area contributed by atoms with Gasteiger partial charge >= 0.3 is 0 Å². The molecule has 0 aliphatic carbocycles. The first-order chi connectivity index (χ1) is 9.41. The van der Waals surface area contributed by atoms with Crippen LogP contribution in [0.2, 0.25) is 0 Å². The van der Waals surface area contributed by atoms with Crippen LogP contribution in [0.25, 0.3) is 11.1 Å². The Bertz CT molecular complexity index is 684. The van der Waals surface area contributed by atoms with Gasteiger partial charge in [-0.3, -0.25) is 0 Å². The number of anilines is 1. The van der Waals surface area contributed by atoms with Crippen molar-refractivity contribution in [2.75, 3.05) is 11.9 Å². The smallest absolute Gasteiger partial charge is 0.125 e. The quantitative estimate of drug-likeness (QED) is 0.787. The number of hydrogen-bond donors (Lipinski definition) is 0. The van der Waals surface area contributed by atoms with E-state index in [1.165, 1.54) is 11.3 Å². The lowest BCUT2D eigenvalue weighted by Gasteiger charge is -2.22. The van der Waals surface area contributed by atoms with Crippen LogP contribution in [0.1, 0.15) is 25.2 Å². The number of aryl methyl sites for hydroxylation is 1. The molecule has 1 aliphatic heterocycles. The van der Waals surface area contributed by atoms with Crippen LogP contribution >= 0.6 is 0 Å². The summed E-state index contributed by atoms with van der Waals surface area (Å²) in [4.78, 5) is 10.7. The van der Waals surface area contributed by atoms with Gasteiger partial charge in [-0.25, -0.2) is 9.97 Å². The molecule has 3 nitrogen and oxygen atoms in total. The molecule has 3 heteroatoms. The van der Waals surface area contributed by atoms with Crippen LogP contribution in [0, 0.1) is 6.92 Å². The van der Waals surface area contributed by atoms with E-state index in [0.29, 0.717) is 0 Å². The monoisotopic (exact) mass is 265 g/mol. The van der Waals surface area contributed by atoms with Crippen LogP contribution < -0.4 is 4.90 Å². The molecule has 0 radical (unpaired) electrons. The van der Waals surface area contributed by atoms with Crippen molar-refractivity contribution in [2.45, 2.75) is 26.2 Å². The van der Waals surface area contributed by atoms with E-state index in [0.717, 1.165) is 22.6 Å². The summed E-state index contributed by atoms with van der Waals surface area (Å²) in [7, 11) is 2.07. The molecule has 0 N–H and O–H groups in total. The molecule has 0 bridgehead atoms. The minimum atomic E-state index is -0.00755. The predicted molar refractivity (Wildman–Crippen MR) is 82.8 cm³/mol. The fraction of sp³-hybridized carbons (Fsp3) is 0.294. The molecule has 2 heterocycles. The highest BCUT2D eigenvalue weighted by Crippen LogP contribution is 2.47. The lowest BCUT2D eigenvalue weighted by molar-refractivity contribution is 0.643. The molecule has 0 unspecified atom stereocenters. The topological polar surface area (TPSA) is 29.0 Å². The molecule has 3 rings (SSSR count). The molecule has 1 aromatic heterocycles. The highest BCUT2D eigenvalue weighted by atomic mass is 15.1. The lowest BCUT2D eigenvalue weighted by atomic mass is 9.84. The number of benzene rings is 1. The van der Waals surface area contributed by atoms with Gasteiger partial charge < -0.3 is 4.90 Å². The van der Waals surface area contributed by atoms with E-state index >= 15 is 0 Å². The van der Waals surface area contributed by atoms with Gasteiger partial charge in [0.2, 0.25) is 0 Å². The van der Waals surface area contributed by atoms with E-state index in [2.05, 4.69) is 60.5 Å². The van der Waals surface area contributed by atoms with E-state index in [1.807, 2.05) is 19.3 Å². The second-order valence-corrected chi connectivity index (χ2v) is 5.88. The van der Waals surface area contributed by atoms with Crippen molar-refractivity contribution in [1.82, 2.24) is 9.97 Å². The molecular formula is C17H19N3. The number of hydrogen-bond acceptors (Lipinski definition) is 3. The second kappa shape index (κ2) is 4.17. The number of aromatic nitrogens is 2. The molecule has 0 saturated carbocycles. The van der Waals surface area contributed by atoms with Crippen molar-refractivity contribution in [3.63, 3.8) is 0 Å². The Hall–Kier alpha value is -2.16. The molecule has 0 fully saturated rings. The first-order valence-corrected chi connectivity index (χ1v) is 6.78. The predicted octanol–water partition coefficient (Wildman–Crippen LogP) is 3.69. The fourth-order valence-electron chi connectivity index (χ4n) is 2.78. The minimum absolute atomic E-state index is 0.00755. The van der Waals surface area contributed by atoms with Crippen molar-refractivity contribution < 1.29 is 0 Å². The van der Waals surface area contributed by atoms with E-state index in [4.69, 9.17) is 0 Å². The summed E-state index contributed by atoms with van der Waals surface area (Å²) in [6.45, 7) is 10.5. The van der Waals surface area contributed by atoms with Gasteiger partial charge in [-0.1, -0.05) is 32.6 Å². The molecule has 0 atom stereocenters. The highest BCUT2D eigenvalue weighted by molar-refractivity contribution is 5.76. The van der Waals surface area contributed by atoms with Gasteiger partial charge in [0.1, 0.15) is 5.82 Å². The summed E-state index contributed by atoms with van der Waals surface area (Å²) in [5.41, 5.74) is 5.85. The zero-order valence-corrected chi connectivity index (χ0v) is 12.4. The third-order valence-electron chi connectivity index (χ3n) is 4.27. The highest BCUT2D eigenvalue weighted by Gasteiger charge is 2.37. The van der Waals surface area contributed by atoms with E-state index in [-0.39, 0.29) is 5.41 Å². The van der Waals surface area contributed by atoms with E-state index in [9.17, 15) is 0 Å². The van der Waals surface area contributed by atoms with Crippen LogP contribution in [0.15, 0.2) is 42.9 Å². The number of allylic oxidation sites excluding steroid dienone is 1. The van der Waals surface area contributed by atoms with E-state index in [1.54, 1.807) is 0 Å². The Morgan fingerprint density at radius 1 is 1.10 bits per heavy atom. The van der Waals surface area contributed by atoms with E-state index < -0.39 is 0 Å². The maximum Gasteiger partial charge on any atom is 0.125 e. The Morgan fingerprint density at radius 3 is 2.40 bits per heavy atom. The normalized spacial score (nSPS) is 16.4. The maximum absolute atomic E-state index is 4.27. The van der Waals surface area contributed by atoms with Gasteiger partial charge in [0.05, 0.1) is 0 Å². The molecule has 2 aromatic rings. The van der Waals surface area contributed by atoms with Crippen LogP contribution in [0.4, 0.5) is 5.69 Å². The van der Waals surface area contributed by atoms with Crippen molar-refractivity contribution in [3.05, 3.63) is 54.3 Å². The number of likely N-dealkylation sites (N-methyl/N-ethyl adjacent to an activating group) is 1. The standard InChI is InChI=1S/C17H19N3/c1-11-17(3,4)15-7-6-13(8-16(15)20(11)5)14-9-18-12(2)19-10-14/h6-10H,1H2,2-5H3. The summed E-state index contributed by atoms with van der Waals surface area (Å²) >= 11 is 0. The Labute approximate surface area is 120 Å². The molecular weight excluding hydrogens is 246 g/mol. The van der Waals surface area contributed by atoms with Crippen molar-refractivity contribution in [3.8, 4) is 11.1 Å². The van der Waals surface area contributed by atoms with Crippen molar-refractivity contribution in [2.24, 2.45) is 0 Å². The SMILES string of the molecule is C=C1N(C)c2cc(-c3cnc(C)nc3)ccc2C1(C)C. The number of nitrogens with zero attached hydrogens (tertiary/aromatic N) is 3. The van der Waals surface area contributed by atoms with Gasteiger partial charge in [0.25, 0.3) is 0 Å². The largest absolute Gasteiger partial charge is 0.348 e. The molecule has 0 saturated heterocycles. The Morgan fingerprint density at radius 2 is 1.75 bits per heavy atom. The Kier molecular flexibility index (Phi) is 2.68. The first kappa shape index (κ1) is 12.9. The summed E-state index contributed by atoms with van der Waals surface area (Å²) in [6, 6.07) is 6.53. The van der Waals surface area contributed by atoms with Gasteiger partial charge in [0.15, 0.2) is 0 Å². The maximum atomic E-state index is 4.27. The third kappa shape index (κ3) is 1.73. The first-order valence-electron chi connectivity index (χ1n) is 6.78. The van der Waals surface area contributed by atoms with Crippen LogP contribution in [-0.4, -0.2) is 17.0 Å². The Balaban J connectivity index is 2.12. The molecule has 102 valence electrons. The lowest BCUT2D eigenvalue weighted by Crippen LogP contribution is -2.21. The molecule has 0 amide bonds. The summed E-state index contributed by atoms with van der Waals surface area (Å²) in [5.74, 6) is 0.793. The van der Waals surface area contributed by atoms with Crippen LogP contribution in [0.5, 0.6) is 0 Å². The zero-order valence-electron chi connectivity index (χ0n) is 12.4. The van der Waals surface area contributed by atoms with Gasteiger partial charge in [0, 0.05) is 41.8 Å².